The molecule has 1 aliphatic rings. The average molecular weight is 255 g/mol. The molecule has 1 aromatic carbocycles. The fourth-order valence-electron chi connectivity index (χ4n) is 2.44. The normalized spacial score (nSPS) is 14.1. The molecule has 0 fully saturated rings. The van der Waals surface area contributed by atoms with E-state index in [4.69, 9.17) is 0 Å². The summed E-state index contributed by atoms with van der Waals surface area (Å²) >= 11 is 0. The number of rotatable bonds is 2. The highest BCUT2D eigenvalue weighted by Gasteiger charge is 2.20. The Labute approximate surface area is 112 Å². The zero-order valence-corrected chi connectivity index (χ0v) is 11.2. The number of hydrogen-bond donors (Lipinski definition) is 1. The standard InChI is InChI=1S/C14H17N5/c1-10-16-13(15-2)18-14(17-10)19-9-5-7-11-6-3-4-8-12(11)19/h3-4,6,8H,5,7,9H2,1-2H3,(H,15,16,17,18). The Morgan fingerprint density at radius 3 is 2.84 bits per heavy atom. The van der Waals surface area contributed by atoms with E-state index in [9.17, 15) is 0 Å². The highest BCUT2D eigenvalue weighted by molar-refractivity contribution is 5.63. The number of nitrogens with one attached hydrogen (secondary N) is 1. The van der Waals surface area contributed by atoms with E-state index in [0.29, 0.717) is 5.95 Å². The fraction of sp³-hybridized carbons (Fsp3) is 0.357. The second-order valence-corrected chi connectivity index (χ2v) is 4.64. The first-order valence-corrected chi connectivity index (χ1v) is 6.54. The van der Waals surface area contributed by atoms with E-state index < -0.39 is 0 Å². The molecule has 1 N–H and O–H groups in total. The first-order valence-electron chi connectivity index (χ1n) is 6.54. The van der Waals surface area contributed by atoms with Crippen LogP contribution in [0.25, 0.3) is 0 Å². The lowest BCUT2D eigenvalue weighted by Crippen LogP contribution is -2.26. The van der Waals surface area contributed by atoms with Gasteiger partial charge in [-0.05, 0) is 31.4 Å². The molecule has 0 radical (unpaired) electrons. The minimum Gasteiger partial charge on any atom is -0.357 e. The van der Waals surface area contributed by atoms with E-state index in [1.165, 1.54) is 11.3 Å². The van der Waals surface area contributed by atoms with Gasteiger partial charge in [-0.1, -0.05) is 18.2 Å². The van der Waals surface area contributed by atoms with Crippen molar-refractivity contribution in [1.29, 1.82) is 0 Å². The SMILES string of the molecule is CNc1nc(C)nc(N2CCCc3ccccc32)n1. The molecule has 5 heteroatoms. The Kier molecular flexibility index (Phi) is 3.03. The Bertz CT molecular complexity index is 596. The number of aryl methyl sites for hydroxylation is 2. The van der Waals surface area contributed by atoms with Crippen LogP contribution in [0.3, 0.4) is 0 Å². The Hall–Kier alpha value is -2.17. The molecule has 0 aliphatic carbocycles. The number of hydrogen-bond acceptors (Lipinski definition) is 5. The molecule has 0 unspecified atom stereocenters. The third-order valence-electron chi connectivity index (χ3n) is 3.31. The van der Waals surface area contributed by atoms with Crippen LogP contribution in [0.2, 0.25) is 0 Å². The molecule has 0 bridgehead atoms. The predicted octanol–water partition coefficient (Wildman–Crippen LogP) is 2.31. The Morgan fingerprint density at radius 2 is 2.00 bits per heavy atom. The minimum absolute atomic E-state index is 0.616. The van der Waals surface area contributed by atoms with Crippen LogP contribution in [0.1, 0.15) is 17.8 Å². The van der Waals surface area contributed by atoms with Crippen LogP contribution < -0.4 is 10.2 Å². The molecule has 0 amide bonds. The van der Waals surface area contributed by atoms with Gasteiger partial charge in [-0.3, -0.25) is 0 Å². The zero-order valence-electron chi connectivity index (χ0n) is 11.2. The molecule has 0 atom stereocenters. The molecular weight excluding hydrogens is 238 g/mol. The van der Waals surface area contributed by atoms with Crippen molar-refractivity contribution >= 4 is 17.6 Å². The van der Waals surface area contributed by atoms with Crippen molar-refractivity contribution < 1.29 is 0 Å². The third kappa shape index (κ3) is 2.23. The van der Waals surface area contributed by atoms with Gasteiger partial charge in [-0.2, -0.15) is 15.0 Å². The van der Waals surface area contributed by atoms with Gasteiger partial charge in [0.2, 0.25) is 11.9 Å². The quantitative estimate of drug-likeness (QED) is 0.892. The summed E-state index contributed by atoms with van der Waals surface area (Å²) in [6, 6.07) is 8.45. The molecule has 1 aliphatic heterocycles. The van der Waals surface area contributed by atoms with Crippen LogP contribution in [0.15, 0.2) is 24.3 Å². The summed E-state index contributed by atoms with van der Waals surface area (Å²) in [5.41, 5.74) is 2.57. The van der Waals surface area contributed by atoms with Gasteiger partial charge in [0.15, 0.2) is 0 Å². The van der Waals surface area contributed by atoms with Crippen LogP contribution >= 0.6 is 0 Å². The minimum atomic E-state index is 0.616. The van der Waals surface area contributed by atoms with Crippen molar-refractivity contribution in [1.82, 2.24) is 15.0 Å². The van der Waals surface area contributed by atoms with Crippen LogP contribution in [0, 0.1) is 6.92 Å². The predicted molar refractivity (Wildman–Crippen MR) is 75.9 cm³/mol. The smallest absolute Gasteiger partial charge is 0.234 e. The van der Waals surface area contributed by atoms with Gasteiger partial charge < -0.3 is 10.2 Å². The van der Waals surface area contributed by atoms with Crippen molar-refractivity contribution in [2.24, 2.45) is 0 Å². The van der Waals surface area contributed by atoms with E-state index in [-0.39, 0.29) is 0 Å². The Morgan fingerprint density at radius 1 is 1.16 bits per heavy atom. The molecule has 2 heterocycles. The second kappa shape index (κ2) is 4.84. The maximum absolute atomic E-state index is 4.47. The molecule has 3 rings (SSSR count). The first kappa shape index (κ1) is 11.9. The molecule has 1 aromatic heterocycles. The van der Waals surface area contributed by atoms with E-state index in [1.807, 2.05) is 14.0 Å². The third-order valence-corrected chi connectivity index (χ3v) is 3.31. The van der Waals surface area contributed by atoms with Gasteiger partial charge in [0, 0.05) is 19.3 Å². The number of anilines is 3. The molecular formula is C14H17N5. The van der Waals surface area contributed by atoms with Gasteiger partial charge in [-0.15, -0.1) is 0 Å². The van der Waals surface area contributed by atoms with Gasteiger partial charge in [0.25, 0.3) is 0 Å². The molecule has 0 saturated heterocycles. The van der Waals surface area contributed by atoms with Crippen LogP contribution in [0.4, 0.5) is 17.6 Å². The highest BCUT2D eigenvalue weighted by Crippen LogP contribution is 2.31. The largest absolute Gasteiger partial charge is 0.357 e. The molecule has 0 saturated carbocycles. The van der Waals surface area contributed by atoms with Gasteiger partial charge in [0.1, 0.15) is 5.82 Å². The topological polar surface area (TPSA) is 53.9 Å². The van der Waals surface area contributed by atoms with E-state index in [1.54, 1.807) is 0 Å². The van der Waals surface area contributed by atoms with Crippen LogP contribution in [-0.2, 0) is 6.42 Å². The number of para-hydroxylation sites is 1. The molecule has 98 valence electrons. The molecule has 0 spiro atoms. The summed E-state index contributed by atoms with van der Waals surface area (Å²) in [6.45, 7) is 2.84. The second-order valence-electron chi connectivity index (χ2n) is 4.64. The summed E-state index contributed by atoms with van der Waals surface area (Å²) in [4.78, 5) is 15.4. The number of aromatic nitrogens is 3. The van der Waals surface area contributed by atoms with Gasteiger partial charge in [-0.25, -0.2) is 0 Å². The van der Waals surface area contributed by atoms with Crippen molar-refractivity contribution in [2.75, 3.05) is 23.8 Å². The highest BCUT2D eigenvalue weighted by atomic mass is 15.3. The van der Waals surface area contributed by atoms with Gasteiger partial charge in [0.05, 0.1) is 0 Å². The molecule has 19 heavy (non-hydrogen) atoms. The summed E-state index contributed by atoms with van der Waals surface area (Å²) in [7, 11) is 1.82. The lowest BCUT2D eigenvalue weighted by atomic mass is 10.0. The van der Waals surface area contributed by atoms with E-state index >= 15 is 0 Å². The molecule has 5 nitrogen and oxygen atoms in total. The van der Waals surface area contributed by atoms with Crippen LogP contribution in [-0.4, -0.2) is 28.5 Å². The lowest BCUT2D eigenvalue weighted by molar-refractivity contribution is 0.745. The summed E-state index contributed by atoms with van der Waals surface area (Å²) in [5, 5.41) is 2.98. The fourth-order valence-corrected chi connectivity index (χ4v) is 2.44. The van der Waals surface area contributed by atoms with Crippen LogP contribution in [0.5, 0.6) is 0 Å². The number of fused-ring (bicyclic) bond motifs is 1. The maximum Gasteiger partial charge on any atom is 0.234 e. The van der Waals surface area contributed by atoms with E-state index in [0.717, 1.165) is 31.2 Å². The summed E-state index contributed by atoms with van der Waals surface area (Å²) < 4.78 is 0. The Balaban J connectivity index is 2.06. The number of nitrogens with zero attached hydrogens (tertiary/aromatic N) is 4. The van der Waals surface area contributed by atoms with Crippen molar-refractivity contribution in [3.63, 3.8) is 0 Å². The first-order chi connectivity index (χ1) is 9.28. The average Bonchev–Trinajstić information content (AvgIpc) is 2.46. The number of benzene rings is 1. The summed E-state index contributed by atoms with van der Waals surface area (Å²) in [5.74, 6) is 2.08. The monoisotopic (exact) mass is 255 g/mol. The zero-order chi connectivity index (χ0) is 13.2. The van der Waals surface area contributed by atoms with E-state index in [2.05, 4.69) is 49.4 Å². The van der Waals surface area contributed by atoms with Crippen molar-refractivity contribution in [3.05, 3.63) is 35.7 Å². The van der Waals surface area contributed by atoms with Gasteiger partial charge >= 0.3 is 0 Å². The van der Waals surface area contributed by atoms with Crippen molar-refractivity contribution in [3.8, 4) is 0 Å². The lowest BCUT2D eigenvalue weighted by Gasteiger charge is -2.29. The molecule has 2 aromatic rings. The maximum atomic E-state index is 4.47. The summed E-state index contributed by atoms with van der Waals surface area (Å²) in [6.07, 6.45) is 2.24. The van der Waals surface area contributed by atoms with Crippen molar-refractivity contribution in [2.45, 2.75) is 19.8 Å².